The van der Waals surface area contributed by atoms with Crippen LogP contribution in [0.2, 0.25) is 0 Å². The lowest BCUT2D eigenvalue weighted by Gasteiger charge is -2.39. The second-order valence-corrected chi connectivity index (χ2v) is 8.61. The number of hydrogen-bond acceptors (Lipinski definition) is 3. The van der Waals surface area contributed by atoms with Crippen molar-refractivity contribution in [1.82, 2.24) is 19.8 Å². The molecule has 1 N–H and O–H groups in total. The molecule has 0 radical (unpaired) electrons. The summed E-state index contributed by atoms with van der Waals surface area (Å²) in [4.78, 5) is 11.5. The second-order valence-electron chi connectivity index (χ2n) is 8.61. The molecule has 164 valence electrons. The Hall–Kier alpha value is -1.77. The first-order valence-electron chi connectivity index (χ1n) is 10.7. The van der Waals surface area contributed by atoms with Crippen LogP contribution in [0.25, 0.3) is 0 Å². The van der Waals surface area contributed by atoms with E-state index in [9.17, 15) is 0 Å². The Morgan fingerprint density at radius 2 is 2.17 bits per heavy atom. The minimum Gasteiger partial charge on any atom is -0.496 e. The van der Waals surface area contributed by atoms with Crippen LogP contribution in [0, 0.1) is 5.92 Å². The highest BCUT2D eigenvalue weighted by molar-refractivity contribution is 14.0. The van der Waals surface area contributed by atoms with E-state index >= 15 is 0 Å². The zero-order valence-corrected chi connectivity index (χ0v) is 20.7. The van der Waals surface area contributed by atoms with Gasteiger partial charge in [0.1, 0.15) is 5.75 Å². The molecule has 0 spiro atoms. The first-order valence-corrected chi connectivity index (χ1v) is 10.7. The van der Waals surface area contributed by atoms with Gasteiger partial charge in [0.25, 0.3) is 0 Å². The van der Waals surface area contributed by atoms with Crippen molar-refractivity contribution in [2.24, 2.45) is 10.9 Å². The van der Waals surface area contributed by atoms with Gasteiger partial charge in [-0.25, -0.2) is 4.98 Å². The first kappa shape index (κ1) is 22.9. The third-order valence-electron chi connectivity index (χ3n) is 6.70. The van der Waals surface area contributed by atoms with E-state index in [-0.39, 0.29) is 29.4 Å². The summed E-state index contributed by atoms with van der Waals surface area (Å²) in [6.07, 6.45) is 8.13. The SMILES string of the molecule is CCN=C(NC1CC1(C)c1ccccc1OC)N1CCC(C)C(n2ccnc2)C1.I. The normalized spacial score (nSPS) is 28.6. The molecule has 2 heterocycles. The molecule has 1 aliphatic heterocycles. The molecule has 4 atom stereocenters. The van der Waals surface area contributed by atoms with E-state index in [0.29, 0.717) is 18.0 Å². The van der Waals surface area contributed by atoms with Gasteiger partial charge >= 0.3 is 0 Å². The summed E-state index contributed by atoms with van der Waals surface area (Å²) < 4.78 is 7.87. The van der Waals surface area contributed by atoms with Crippen LogP contribution in [0.5, 0.6) is 5.75 Å². The molecule has 1 aromatic carbocycles. The lowest BCUT2D eigenvalue weighted by atomic mass is 9.93. The number of nitrogens with one attached hydrogen (secondary N) is 1. The zero-order valence-electron chi connectivity index (χ0n) is 18.4. The van der Waals surface area contributed by atoms with Crippen LogP contribution in [0.4, 0.5) is 0 Å². The van der Waals surface area contributed by atoms with Crippen LogP contribution in [-0.2, 0) is 5.41 Å². The topological polar surface area (TPSA) is 54.7 Å². The van der Waals surface area contributed by atoms with Gasteiger partial charge in [0.2, 0.25) is 0 Å². The maximum absolute atomic E-state index is 5.62. The molecule has 6 nitrogen and oxygen atoms in total. The van der Waals surface area contributed by atoms with Gasteiger partial charge in [-0.15, -0.1) is 24.0 Å². The fraction of sp³-hybridized carbons (Fsp3) is 0.565. The van der Waals surface area contributed by atoms with Crippen LogP contribution in [0.1, 0.15) is 45.2 Å². The molecule has 30 heavy (non-hydrogen) atoms. The highest BCUT2D eigenvalue weighted by Crippen LogP contribution is 2.51. The summed E-state index contributed by atoms with van der Waals surface area (Å²) in [5.74, 6) is 2.64. The number of likely N-dealkylation sites (tertiary alicyclic amines) is 1. The molecule has 1 aromatic heterocycles. The average molecular weight is 523 g/mol. The van der Waals surface area contributed by atoms with E-state index in [1.807, 2.05) is 18.6 Å². The lowest BCUT2D eigenvalue weighted by Crippen LogP contribution is -2.50. The van der Waals surface area contributed by atoms with Crippen molar-refractivity contribution in [3.63, 3.8) is 0 Å². The number of methoxy groups -OCH3 is 1. The summed E-state index contributed by atoms with van der Waals surface area (Å²) >= 11 is 0. The van der Waals surface area contributed by atoms with E-state index < -0.39 is 0 Å². The van der Waals surface area contributed by atoms with Crippen LogP contribution >= 0.6 is 24.0 Å². The molecule has 7 heteroatoms. The number of para-hydroxylation sites is 1. The van der Waals surface area contributed by atoms with Gasteiger partial charge in [-0.2, -0.15) is 0 Å². The highest BCUT2D eigenvalue weighted by Gasteiger charge is 2.53. The fourth-order valence-corrected chi connectivity index (χ4v) is 4.63. The van der Waals surface area contributed by atoms with Gasteiger partial charge in [0.05, 0.1) is 19.5 Å². The van der Waals surface area contributed by atoms with Crippen molar-refractivity contribution in [2.45, 2.75) is 51.1 Å². The molecule has 2 aliphatic rings. The number of aliphatic imine (C=N–C) groups is 1. The standard InChI is InChI=1S/C23H33N5O.HI/c1-5-25-22(27-12-10-17(2)19(15-27)28-13-11-24-16-28)26-21-14-23(21,3)18-8-6-7-9-20(18)29-4;/h6-9,11,13,16-17,19,21H,5,10,12,14-15H2,1-4H3,(H,25,26);1H. The number of piperidine rings is 1. The molecule has 1 saturated heterocycles. The Morgan fingerprint density at radius 1 is 1.37 bits per heavy atom. The maximum atomic E-state index is 5.62. The first-order chi connectivity index (χ1) is 14.1. The summed E-state index contributed by atoms with van der Waals surface area (Å²) in [5.41, 5.74) is 1.35. The summed E-state index contributed by atoms with van der Waals surface area (Å²) in [6, 6.07) is 9.17. The number of rotatable bonds is 5. The largest absolute Gasteiger partial charge is 0.496 e. The number of aromatic nitrogens is 2. The monoisotopic (exact) mass is 523 g/mol. The fourth-order valence-electron chi connectivity index (χ4n) is 4.63. The molecular weight excluding hydrogens is 489 g/mol. The van der Waals surface area contributed by atoms with Gasteiger partial charge in [0, 0.05) is 49.0 Å². The molecule has 2 aromatic rings. The summed E-state index contributed by atoms with van der Waals surface area (Å²) in [6.45, 7) is 9.54. The van der Waals surface area contributed by atoms with Crippen molar-refractivity contribution in [3.05, 3.63) is 48.5 Å². The molecule has 0 amide bonds. The van der Waals surface area contributed by atoms with E-state index in [1.165, 1.54) is 5.56 Å². The van der Waals surface area contributed by atoms with Gasteiger partial charge in [-0.3, -0.25) is 4.99 Å². The maximum Gasteiger partial charge on any atom is 0.194 e. The van der Waals surface area contributed by atoms with Gasteiger partial charge < -0.3 is 19.5 Å². The summed E-state index contributed by atoms with van der Waals surface area (Å²) in [7, 11) is 1.75. The van der Waals surface area contributed by atoms with Gasteiger partial charge in [0.15, 0.2) is 5.96 Å². The van der Waals surface area contributed by atoms with E-state index in [2.05, 4.69) is 64.9 Å². The minimum absolute atomic E-state index is 0. The number of halogens is 1. The Morgan fingerprint density at radius 3 is 2.87 bits per heavy atom. The molecule has 0 bridgehead atoms. The summed E-state index contributed by atoms with van der Waals surface area (Å²) in [5, 5.41) is 3.78. The molecule has 2 fully saturated rings. The predicted octanol–water partition coefficient (Wildman–Crippen LogP) is 4.09. The minimum atomic E-state index is 0. The highest BCUT2D eigenvalue weighted by atomic mass is 127. The zero-order chi connectivity index (χ0) is 20.4. The Balaban J connectivity index is 0.00000256. The molecule has 1 saturated carbocycles. The number of ether oxygens (including phenoxy) is 1. The van der Waals surface area contributed by atoms with Gasteiger partial charge in [-0.05, 0) is 31.7 Å². The molecule has 1 aliphatic carbocycles. The molecule has 4 rings (SSSR count). The van der Waals surface area contributed by atoms with Crippen LogP contribution < -0.4 is 10.1 Å². The molecule has 4 unspecified atom stereocenters. The Bertz CT molecular complexity index is 855. The lowest BCUT2D eigenvalue weighted by molar-refractivity contribution is 0.188. The number of hydrogen-bond donors (Lipinski definition) is 1. The molecular formula is C23H34IN5O. The van der Waals surface area contributed by atoms with E-state index in [0.717, 1.165) is 44.2 Å². The predicted molar refractivity (Wildman–Crippen MR) is 132 cm³/mol. The number of benzene rings is 1. The third kappa shape index (κ3) is 4.45. The number of imidazole rings is 1. The Labute approximate surface area is 197 Å². The van der Waals surface area contributed by atoms with Crippen LogP contribution in [0.15, 0.2) is 48.0 Å². The second kappa shape index (κ2) is 9.58. The third-order valence-corrected chi connectivity index (χ3v) is 6.70. The average Bonchev–Trinajstić information content (AvgIpc) is 3.13. The van der Waals surface area contributed by atoms with Crippen molar-refractivity contribution in [3.8, 4) is 5.75 Å². The van der Waals surface area contributed by atoms with E-state index in [4.69, 9.17) is 9.73 Å². The van der Waals surface area contributed by atoms with Gasteiger partial charge in [-0.1, -0.05) is 32.0 Å². The number of guanidine groups is 1. The number of nitrogens with zero attached hydrogens (tertiary/aromatic N) is 4. The van der Waals surface area contributed by atoms with Crippen LogP contribution in [0.3, 0.4) is 0 Å². The quantitative estimate of drug-likeness (QED) is 0.365. The van der Waals surface area contributed by atoms with Crippen molar-refractivity contribution < 1.29 is 4.74 Å². The van der Waals surface area contributed by atoms with Crippen LogP contribution in [-0.4, -0.2) is 53.2 Å². The smallest absolute Gasteiger partial charge is 0.194 e. The Kier molecular flexibility index (Phi) is 7.31. The van der Waals surface area contributed by atoms with E-state index in [1.54, 1.807) is 7.11 Å². The van der Waals surface area contributed by atoms with Crippen molar-refractivity contribution >= 4 is 29.9 Å². The van der Waals surface area contributed by atoms with Crippen molar-refractivity contribution in [1.29, 1.82) is 0 Å². The van der Waals surface area contributed by atoms with Crippen molar-refractivity contribution in [2.75, 3.05) is 26.7 Å².